The van der Waals surface area contributed by atoms with Gasteiger partial charge >= 0.3 is 0 Å². The quantitative estimate of drug-likeness (QED) is 0.577. The number of aliphatic imine (C=N–C) groups is 1. The van der Waals surface area contributed by atoms with Crippen LogP contribution in [0.3, 0.4) is 0 Å². The Balaban J connectivity index is 1.44. The van der Waals surface area contributed by atoms with Crippen LogP contribution in [0.4, 0.5) is 0 Å². The predicted octanol–water partition coefficient (Wildman–Crippen LogP) is 4.12. The molecule has 1 saturated heterocycles. The molecular weight excluding hydrogens is 480 g/mol. The number of benzene rings is 2. The van der Waals surface area contributed by atoms with E-state index in [1.54, 1.807) is 7.11 Å². The molecular formula is C26H33BrN4O2. The summed E-state index contributed by atoms with van der Waals surface area (Å²) in [5, 5.41) is 3.09. The van der Waals surface area contributed by atoms with E-state index in [1.807, 2.05) is 37.3 Å². The van der Waals surface area contributed by atoms with E-state index in [4.69, 9.17) is 9.73 Å². The summed E-state index contributed by atoms with van der Waals surface area (Å²) in [4.78, 5) is 22.4. The second-order valence-electron chi connectivity index (χ2n) is 9.22. The number of amides is 1. The molecule has 0 unspecified atom stereocenters. The Labute approximate surface area is 205 Å². The molecule has 2 atom stereocenters. The summed E-state index contributed by atoms with van der Waals surface area (Å²) in [5.74, 6) is 2.45. The minimum atomic E-state index is -0.0492. The summed E-state index contributed by atoms with van der Waals surface area (Å²) in [6, 6.07) is 14.8. The first-order chi connectivity index (χ1) is 15.9. The smallest absolute Gasteiger partial charge is 0.251 e. The van der Waals surface area contributed by atoms with E-state index in [2.05, 4.69) is 57.0 Å². The molecule has 2 aromatic carbocycles. The molecule has 0 aliphatic carbocycles. The molecule has 1 amide bonds. The van der Waals surface area contributed by atoms with E-state index >= 15 is 0 Å². The van der Waals surface area contributed by atoms with Gasteiger partial charge in [-0.15, -0.1) is 0 Å². The minimum Gasteiger partial charge on any atom is -0.497 e. The number of ether oxygens (including phenoxy) is 1. The summed E-state index contributed by atoms with van der Waals surface area (Å²) in [6.45, 7) is 9.67. The van der Waals surface area contributed by atoms with Crippen molar-refractivity contribution in [3.05, 3.63) is 63.6 Å². The van der Waals surface area contributed by atoms with Crippen molar-refractivity contribution < 1.29 is 9.53 Å². The summed E-state index contributed by atoms with van der Waals surface area (Å²) in [7, 11) is 1.69. The number of aryl methyl sites for hydroxylation is 1. The van der Waals surface area contributed by atoms with Gasteiger partial charge < -0.3 is 19.9 Å². The molecule has 4 rings (SSSR count). The van der Waals surface area contributed by atoms with Crippen LogP contribution in [0.5, 0.6) is 5.75 Å². The normalized spacial score (nSPS) is 19.6. The molecule has 1 N–H and O–H groups in total. The number of halogens is 1. The van der Waals surface area contributed by atoms with Gasteiger partial charge in [0.05, 0.1) is 25.7 Å². The Bertz CT molecular complexity index is 1020. The Hall–Kier alpha value is -2.54. The van der Waals surface area contributed by atoms with E-state index in [-0.39, 0.29) is 5.91 Å². The van der Waals surface area contributed by atoms with Gasteiger partial charge in [-0.05, 0) is 54.7 Å². The van der Waals surface area contributed by atoms with Crippen LogP contribution in [-0.2, 0) is 6.42 Å². The van der Waals surface area contributed by atoms with Crippen LogP contribution in [0.15, 0.2) is 51.9 Å². The fourth-order valence-electron chi connectivity index (χ4n) is 4.66. The van der Waals surface area contributed by atoms with E-state index in [9.17, 15) is 4.79 Å². The lowest BCUT2D eigenvalue weighted by Gasteiger charge is -2.26. The second-order valence-corrected chi connectivity index (χ2v) is 10.1. The van der Waals surface area contributed by atoms with Gasteiger partial charge in [-0.2, -0.15) is 0 Å². The topological polar surface area (TPSA) is 57.2 Å². The van der Waals surface area contributed by atoms with E-state index < -0.39 is 0 Å². The molecule has 2 heterocycles. The number of carbonyl (C=O) groups excluding carboxylic acids is 1. The van der Waals surface area contributed by atoms with Crippen molar-refractivity contribution in [1.29, 1.82) is 0 Å². The number of rotatable bonds is 8. The van der Waals surface area contributed by atoms with Crippen LogP contribution in [0.1, 0.15) is 35.3 Å². The molecule has 2 aliphatic heterocycles. The highest BCUT2D eigenvalue weighted by molar-refractivity contribution is 9.10. The lowest BCUT2D eigenvalue weighted by Crippen LogP contribution is -2.42. The average Bonchev–Trinajstić information content (AvgIpc) is 3.35. The third-order valence-corrected chi connectivity index (χ3v) is 7.51. The number of carbonyl (C=O) groups is 1. The molecule has 1 fully saturated rings. The van der Waals surface area contributed by atoms with Gasteiger partial charge in [0, 0.05) is 29.7 Å². The third-order valence-electron chi connectivity index (χ3n) is 6.65. The molecule has 2 aliphatic rings. The van der Waals surface area contributed by atoms with E-state index in [0.29, 0.717) is 30.1 Å². The van der Waals surface area contributed by atoms with Crippen LogP contribution < -0.4 is 10.1 Å². The summed E-state index contributed by atoms with van der Waals surface area (Å²) < 4.78 is 6.26. The van der Waals surface area contributed by atoms with Crippen LogP contribution in [0.25, 0.3) is 0 Å². The van der Waals surface area contributed by atoms with Gasteiger partial charge in [0.25, 0.3) is 5.91 Å². The van der Waals surface area contributed by atoms with Crippen LogP contribution in [0, 0.1) is 12.8 Å². The van der Waals surface area contributed by atoms with Crippen molar-refractivity contribution in [2.24, 2.45) is 10.9 Å². The van der Waals surface area contributed by atoms with Crippen molar-refractivity contribution in [2.75, 3.05) is 33.3 Å². The summed E-state index contributed by atoms with van der Waals surface area (Å²) in [6.07, 6.45) is 0.934. The van der Waals surface area contributed by atoms with Gasteiger partial charge in [0.1, 0.15) is 5.75 Å². The first-order valence-corrected chi connectivity index (χ1v) is 12.4. The number of nitrogens with one attached hydrogen (secondary N) is 1. The number of hydrogen-bond donors (Lipinski definition) is 1. The van der Waals surface area contributed by atoms with Gasteiger partial charge in [0.2, 0.25) is 0 Å². The highest BCUT2D eigenvalue weighted by Crippen LogP contribution is 2.29. The minimum absolute atomic E-state index is 0.0492. The highest BCUT2D eigenvalue weighted by Gasteiger charge is 2.42. The zero-order valence-corrected chi connectivity index (χ0v) is 21.4. The summed E-state index contributed by atoms with van der Waals surface area (Å²) in [5.41, 5.74) is 3.06. The number of guanidine groups is 1. The zero-order valence-electron chi connectivity index (χ0n) is 19.8. The van der Waals surface area contributed by atoms with Crippen LogP contribution in [0.2, 0.25) is 0 Å². The number of fused-ring (bicyclic) bond motifs is 1. The first-order valence-electron chi connectivity index (χ1n) is 11.6. The molecule has 2 aromatic rings. The maximum absolute atomic E-state index is 12.7. The maximum atomic E-state index is 12.7. The van der Waals surface area contributed by atoms with Crippen molar-refractivity contribution in [3.8, 4) is 5.75 Å². The van der Waals surface area contributed by atoms with E-state index in [0.717, 1.165) is 47.8 Å². The fourth-order valence-corrected chi connectivity index (χ4v) is 5.04. The average molecular weight is 513 g/mol. The predicted molar refractivity (Wildman–Crippen MR) is 136 cm³/mol. The van der Waals surface area contributed by atoms with Crippen molar-refractivity contribution in [3.63, 3.8) is 0 Å². The lowest BCUT2D eigenvalue weighted by molar-refractivity contribution is 0.0950. The molecule has 176 valence electrons. The summed E-state index contributed by atoms with van der Waals surface area (Å²) >= 11 is 3.52. The first kappa shape index (κ1) is 23.6. The molecule has 0 saturated carbocycles. The Morgan fingerprint density at radius 3 is 2.67 bits per heavy atom. The van der Waals surface area contributed by atoms with Gasteiger partial charge in [0.15, 0.2) is 5.96 Å². The Morgan fingerprint density at radius 1 is 1.24 bits per heavy atom. The lowest BCUT2D eigenvalue weighted by atomic mass is 10.0. The van der Waals surface area contributed by atoms with Crippen LogP contribution in [-0.4, -0.2) is 67.0 Å². The molecule has 33 heavy (non-hydrogen) atoms. The Kier molecular flexibility index (Phi) is 7.27. The van der Waals surface area contributed by atoms with Gasteiger partial charge in [-0.3, -0.25) is 9.79 Å². The SMILES string of the molecule is COc1ccc(C[C@H]2CN3C(=NC[C@@H]3C(C)C)N2CCNC(=O)c2ccc(C)c(Br)c2)cc1. The molecule has 0 spiro atoms. The molecule has 7 heteroatoms. The van der Waals surface area contributed by atoms with Crippen molar-refractivity contribution in [1.82, 2.24) is 15.1 Å². The number of methoxy groups -OCH3 is 1. The number of hydrogen-bond acceptors (Lipinski definition) is 5. The number of nitrogens with zero attached hydrogens (tertiary/aromatic N) is 3. The molecule has 6 nitrogen and oxygen atoms in total. The Morgan fingerprint density at radius 2 is 2.00 bits per heavy atom. The van der Waals surface area contributed by atoms with Gasteiger partial charge in [-0.25, -0.2) is 0 Å². The standard InChI is InChI=1S/C26H33BrN4O2/c1-17(2)24-15-29-26-30(12-11-28-25(32)20-8-5-18(3)23(27)14-20)21(16-31(24)26)13-19-6-9-22(33-4)10-7-19/h5-10,14,17,21,24H,11-13,15-16H2,1-4H3,(H,28,32)/t21-,24+/m0/s1. The second kappa shape index (κ2) is 10.2. The highest BCUT2D eigenvalue weighted by atomic mass is 79.9. The van der Waals surface area contributed by atoms with Gasteiger partial charge in [-0.1, -0.05) is 48.0 Å². The largest absolute Gasteiger partial charge is 0.497 e. The maximum Gasteiger partial charge on any atom is 0.251 e. The third kappa shape index (κ3) is 5.18. The fraction of sp³-hybridized carbons (Fsp3) is 0.462. The van der Waals surface area contributed by atoms with Crippen LogP contribution >= 0.6 is 15.9 Å². The van der Waals surface area contributed by atoms with E-state index in [1.165, 1.54) is 5.56 Å². The molecule has 0 radical (unpaired) electrons. The molecule has 0 bridgehead atoms. The van der Waals surface area contributed by atoms with Crippen molar-refractivity contribution >= 4 is 27.8 Å². The van der Waals surface area contributed by atoms with Crippen molar-refractivity contribution in [2.45, 2.75) is 39.3 Å². The zero-order chi connectivity index (χ0) is 23.5. The monoisotopic (exact) mass is 512 g/mol. The molecule has 0 aromatic heterocycles.